The molecule has 0 radical (unpaired) electrons. The van der Waals surface area contributed by atoms with Crippen molar-refractivity contribution in [1.82, 2.24) is 4.98 Å². The summed E-state index contributed by atoms with van der Waals surface area (Å²) in [6.07, 6.45) is 1.57. The molecular formula is C17H17N3O. The third-order valence-electron chi connectivity index (χ3n) is 2.98. The first-order valence-electron chi connectivity index (χ1n) is 6.64. The largest absolute Gasteiger partial charge is 0.320 e. The first kappa shape index (κ1) is 14.8. The third kappa shape index (κ3) is 3.68. The molecule has 0 atom stereocenters. The van der Waals surface area contributed by atoms with E-state index in [2.05, 4.69) is 22.1 Å². The Kier molecular flexibility index (Phi) is 4.70. The number of carbonyl (C=O) groups excluding carboxylic acids is 1. The number of nitrogens with one attached hydrogen (secondary N) is 1. The minimum Gasteiger partial charge on any atom is -0.320 e. The molecule has 3 N–H and O–H groups in total. The van der Waals surface area contributed by atoms with Crippen molar-refractivity contribution in [2.75, 3.05) is 11.9 Å². The van der Waals surface area contributed by atoms with E-state index in [1.165, 1.54) is 0 Å². The Balaban J connectivity index is 2.28. The van der Waals surface area contributed by atoms with Crippen LogP contribution >= 0.6 is 0 Å². The lowest BCUT2D eigenvalue weighted by molar-refractivity contribution is 0.102. The van der Waals surface area contributed by atoms with Gasteiger partial charge >= 0.3 is 0 Å². The molecule has 0 spiro atoms. The second kappa shape index (κ2) is 6.69. The summed E-state index contributed by atoms with van der Waals surface area (Å²) in [4.78, 5) is 16.5. The third-order valence-corrected chi connectivity index (χ3v) is 2.98. The molecule has 2 aromatic rings. The SMILES string of the molecule is Cc1ccc(NC(=O)c2ncccc2C#CCN)c(C)c1. The maximum absolute atomic E-state index is 12.4. The standard InChI is InChI=1S/C17H17N3O/c1-12-7-8-15(13(2)11-12)20-17(21)16-14(5-3-9-18)6-4-10-19-16/h4,6-8,10-11H,9,18H2,1-2H3,(H,20,21). The number of amides is 1. The second-order valence-corrected chi connectivity index (χ2v) is 4.68. The van der Waals surface area contributed by atoms with Crippen LogP contribution in [0.5, 0.6) is 0 Å². The molecule has 2 rings (SSSR count). The number of rotatable bonds is 2. The molecule has 0 aliphatic rings. The van der Waals surface area contributed by atoms with Crippen molar-refractivity contribution >= 4 is 11.6 Å². The molecule has 0 aliphatic carbocycles. The van der Waals surface area contributed by atoms with Gasteiger partial charge in [-0.25, -0.2) is 4.98 Å². The van der Waals surface area contributed by atoms with E-state index < -0.39 is 0 Å². The molecule has 4 nitrogen and oxygen atoms in total. The summed E-state index contributed by atoms with van der Waals surface area (Å²) in [6, 6.07) is 9.36. The lowest BCUT2D eigenvalue weighted by Crippen LogP contribution is -2.16. The van der Waals surface area contributed by atoms with Gasteiger partial charge in [-0.3, -0.25) is 4.79 Å². The normalized spacial score (nSPS) is 9.67. The van der Waals surface area contributed by atoms with Crippen molar-refractivity contribution < 1.29 is 4.79 Å². The predicted molar refractivity (Wildman–Crippen MR) is 84.0 cm³/mol. The Hall–Kier alpha value is -2.64. The number of pyridine rings is 1. The monoisotopic (exact) mass is 279 g/mol. The maximum atomic E-state index is 12.4. The summed E-state index contributed by atoms with van der Waals surface area (Å²) in [6.45, 7) is 4.21. The molecule has 0 saturated heterocycles. The van der Waals surface area contributed by atoms with E-state index in [9.17, 15) is 4.79 Å². The number of aryl methyl sites for hydroxylation is 2. The Morgan fingerprint density at radius 1 is 1.33 bits per heavy atom. The van der Waals surface area contributed by atoms with Gasteiger partial charge in [0.2, 0.25) is 0 Å². The van der Waals surface area contributed by atoms with Gasteiger partial charge in [-0.15, -0.1) is 0 Å². The highest BCUT2D eigenvalue weighted by Gasteiger charge is 2.12. The highest BCUT2D eigenvalue weighted by Crippen LogP contribution is 2.17. The Labute approximate surface area is 124 Å². The van der Waals surface area contributed by atoms with E-state index in [0.29, 0.717) is 11.3 Å². The van der Waals surface area contributed by atoms with Gasteiger partial charge < -0.3 is 11.1 Å². The number of carbonyl (C=O) groups is 1. The van der Waals surface area contributed by atoms with Crippen LogP contribution in [0.2, 0.25) is 0 Å². The molecule has 0 bridgehead atoms. The lowest BCUT2D eigenvalue weighted by Gasteiger charge is -2.09. The zero-order valence-corrected chi connectivity index (χ0v) is 12.1. The molecule has 1 aromatic heterocycles. The minimum absolute atomic E-state index is 0.243. The van der Waals surface area contributed by atoms with Gasteiger partial charge in [-0.05, 0) is 37.6 Å². The quantitative estimate of drug-likeness (QED) is 0.829. The van der Waals surface area contributed by atoms with E-state index in [0.717, 1.165) is 16.8 Å². The smallest absolute Gasteiger partial charge is 0.275 e. The number of aromatic nitrogens is 1. The summed E-state index contributed by atoms with van der Waals surface area (Å²) in [5.41, 5.74) is 9.18. The van der Waals surface area contributed by atoms with E-state index in [1.54, 1.807) is 18.3 Å². The fourth-order valence-corrected chi connectivity index (χ4v) is 1.97. The zero-order chi connectivity index (χ0) is 15.2. The van der Waals surface area contributed by atoms with Crippen LogP contribution in [0.3, 0.4) is 0 Å². The minimum atomic E-state index is -0.274. The molecule has 1 amide bonds. The van der Waals surface area contributed by atoms with E-state index in [4.69, 9.17) is 5.73 Å². The first-order chi connectivity index (χ1) is 10.1. The molecule has 0 unspecified atom stereocenters. The summed E-state index contributed by atoms with van der Waals surface area (Å²) in [5, 5.41) is 2.87. The number of hydrogen-bond acceptors (Lipinski definition) is 3. The van der Waals surface area contributed by atoms with Crippen LogP contribution in [0.1, 0.15) is 27.2 Å². The van der Waals surface area contributed by atoms with Gasteiger partial charge in [0.15, 0.2) is 0 Å². The van der Waals surface area contributed by atoms with Gasteiger partial charge in [-0.2, -0.15) is 0 Å². The van der Waals surface area contributed by atoms with Gasteiger partial charge in [0.05, 0.1) is 12.1 Å². The predicted octanol–water partition coefficient (Wildman–Crippen LogP) is 2.26. The topological polar surface area (TPSA) is 68.0 Å². The molecule has 1 aromatic carbocycles. The van der Waals surface area contributed by atoms with Crippen LogP contribution in [0, 0.1) is 25.7 Å². The van der Waals surface area contributed by atoms with Crippen molar-refractivity contribution in [3.8, 4) is 11.8 Å². The number of anilines is 1. The highest BCUT2D eigenvalue weighted by atomic mass is 16.1. The van der Waals surface area contributed by atoms with Gasteiger partial charge in [-0.1, -0.05) is 29.5 Å². The first-order valence-corrected chi connectivity index (χ1v) is 6.64. The van der Waals surface area contributed by atoms with Crippen LogP contribution in [-0.4, -0.2) is 17.4 Å². The van der Waals surface area contributed by atoms with Gasteiger partial charge in [0, 0.05) is 11.9 Å². The Morgan fingerprint density at radius 3 is 2.86 bits per heavy atom. The Bertz CT molecular complexity index is 726. The summed E-state index contributed by atoms with van der Waals surface area (Å²) in [7, 11) is 0. The number of nitrogens with zero attached hydrogens (tertiary/aromatic N) is 1. The summed E-state index contributed by atoms with van der Waals surface area (Å²) < 4.78 is 0. The number of benzene rings is 1. The highest BCUT2D eigenvalue weighted by molar-refractivity contribution is 6.04. The molecular weight excluding hydrogens is 262 g/mol. The van der Waals surface area contributed by atoms with Crippen LogP contribution in [0.25, 0.3) is 0 Å². The second-order valence-electron chi connectivity index (χ2n) is 4.68. The van der Waals surface area contributed by atoms with Crippen molar-refractivity contribution in [2.24, 2.45) is 5.73 Å². The van der Waals surface area contributed by atoms with Crippen LogP contribution < -0.4 is 11.1 Å². The lowest BCUT2D eigenvalue weighted by atomic mass is 10.1. The average molecular weight is 279 g/mol. The van der Waals surface area contributed by atoms with E-state index in [-0.39, 0.29) is 12.5 Å². The number of nitrogens with two attached hydrogens (primary N) is 1. The zero-order valence-electron chi connectivity index (χ0n) is 12.1. The Morgan fingerprint density at radius 2 is 2.14 bits per heavy atom. The van der Waals surface area contributed by atoms with Crippen LogP contribution in [-0.2, 0) is 0 Å². The maximum Gasteiger partial charge on any atom is 0.275 e. The molecule has 0 fully saturated rings. The van der Waals surface area contributed by atoms with Crippen molar-refractivity contribution in [3.63, 3.8) is 0 Å². The fourth-order valence-electron chi connectivity index (χ4n) is 1.97. The average Bonchev–Trinajstić information content (AvgIpc) is 2.48. The molecule has 1 heterocycles. The van der Waals surface area contributed by atoms with Crippen LogP contribution in [0.4, 0.5) is 5.69 Å². The van der Waals surface area contributed by atoms with E-state index >= 15 is 0 Å². The van der Waals surface area contributed by atoms with Gasteiger partial charge in [0.25, 0.3) is 5.91 Å². The van der Waals surface area contributed by atoms with Gasteiger partial charge in [0.1, 0.15) is 5.69 Å². The molecule has 0 aliphatic heterocycles. The number of hydrogen-bond donors (Lipinski definition) is 2. The van der Waals surface area contributed by atoms with Crippen molar-refractivity contribution in [3.05, 3.63) is 58.9 Å². The van der Waals surface area contributed by atoms with Crippen LogP contribution in [0.15, 0.2) is 36.5 Å². The molecule has 106 valence electrons. The van der Waals surface area contributed by atoms with Crippen molar-refractivity contribution in [2.45, 2.75) is 13.8 Å². The molecule has 4 heteroatoms. The summed E-state index contributed by atoms with van der Waals surface area (Å²) in [5.74, 6) is 5.33. The van der Waals surface area contributed by atoms with Crippen molar-refractivity contribution in [1.29, 1.82) is 0 Å². The molecule has 0 saturated carbocycles. The summed E-state index contributed by atoms with van der Waals surface area (Å²) >= 11 is 0. The molecule has 21 heavy (non-hydrogen) atoms. The fraction of sp³-hybridized carbons (Fsp3) is 0.176. The van der Waals surface area contributed by atoms with E-state index in [1.807, 2.05) is 32.0 Å².